The third kappa shape index (κ3) is 3.03. The summed E-state index contributed by atoms with van der Waals surface area (Å²) in [6.07, 6.45) is 4.92. The Morgan fingerprint density at radius 1 is 1.29 bits per heavy atom. The molecule has 0 saturated carbocycles. The van der Waals surface area contributed by atoms with Gasteiger partial charge in [-0.1, -0.05) is 0 Å². The molecule has 0 fully saturated rings. The molecular weight excluding hydrogens is 330 g/mol. The Morgan fingerprint density at radius 2 is 2.00 bits per heavy atom. The summed E-state index contributed by atoms with van der Waals surface area (Å²) in [6, 6.07) is 6.70. The minimum atomic E-state index is -0.762. The maximum Gasteiger partial charge on any atom is 0.329 e. The van der Waals surface area contributed by atoms with Crippen LogP contribution in [0.5, 0.6) is 11.5 Å². The highest BCUT2D eigenvalue weighted by Crippen LogP contribution is 2.39. The summed E-state index contributed by atoms with van der Waals surface area (Å²) in [6.45, 7) is 3.26. The van der Waals surface area contributed by atoms with Crippen LogP contribution in [0.4, 0.5) is 0 Å². The van der Waals surface area contributed by atoms with E-state index in [2.05, 4.69) is 4.98 Å². The molecule has 1 aromatic heterocycles. The minimum absolute atomic E-state index is 0.214. The second-order valence-corrected chi connectivity index (χ2v) is 5.98. The van der Waals surface area contributed by atoms with E-state index in [1.54, 1.807) is 49.7 Å². The summed E-state index contributed by atoms with van der Waals surface area (Å²) in [5.41, 5.74) is 1.82. The fourth-order valence-electron chi connectivity index (χ4n) is 2.28. The highest BCUT2D eigenvalue weighted by molar-refractivity contribution is 6.29. The Morgan fingerprint density at radius 3 is 2.67 bits per heavy atom. The number of Topliss-reactive ketones (excluding diaryl/α,β-unsaturated/α-hetero) is 1. The van der Waals surface area contributed by atoms with Gasteiger partial charge in [-0.15, -0.1) is 11.6 Å². The molecule has 6 heteroatoms. The van der Waals surface area contributed by atoms with Crippen LogP contribution in [0.15, 0.2) is 42.4 Å². The van der Waals surface area contributed by atoms with Crippen molar-refractivity contribution in [2.75, 3.05) is 0 Å². The molecule has 0 aliphatic carbocycles. The van der Waals surface area contributed by atoms with Gasteiger partial charge in [-0.05, 0) is 49.8 Å². The summed E-state index contributed by atoms with van der Waals surface area (Å²) >= 11 is 5.71. The van der Waals surface area contributed by atoms with E-state index in [4.69, 9.17) is 21.1 Å². The van der Waals surface area contributed by atoms with Gasteiger partial charge < -0.3 is 9.47 Å². The monoisotopic (exact) mass is 343 g/mol. The Hall–Kier alpha value is -2.66. The van der Waals surface area contributed by atoms with E-state index in [0.29, 0.717) is 22.6 Å². The average molecular weight is 344 g/mol. The number of ketones is 1. The molecule has 0 N–H and O–H groups in total. The molecule has 122 valence electrons. The van der Waals surface area contributed by atoms with Gasteiger partial charge in [-0.3, -0.25) is 14.6 Å². The van der Waals surface area contributed by atoms with E-state index < -0.39 is 11.3 Å². The van der Waals surface area contributed by atoms with Crippen molar-refractivity contribution in [3.05, 3.63) is 59.1 Å². The SMILES string of the molecule is Cc1c(OC(=O)C(C)Cl)ccc2c1O/C(=C\c1ccncc1)C2=O. The van der Waals surface area contributed by atoms with Crippen LogP contribution < -0.4 is 9.47 Å². The quantitative estimate of drug-likeness (QED) is 0.369. The standard InChI is InChI=1S/C18H14ClNO4/c1-10-14(24-18(22)11(2)19)4-3-13-16(21)15(23-17(10)13)9-12-5-7-20-8-6-12/h3-9,11H,1-2H3/b15-9-. The maximum atomic E-state index is 12.5. The number of aromatic nitrogens is 1. The summed E-state index contributed by atoms with van der Waals surface area (Å²) in [5.74, 6) is 0.163. The van der Waals surface area contributed by atoms with Crippen LogP contribution in [0, 0.1) is 6.92 Å². The molecular formula is C18H14ClNO4. The van der Waals surface area contributed by atoms with Crippen molar-refractivity contribution in [3.63, 3.8) is 0 Å². The van der Waals surface area contributed by atoms with Crippen molar-refractivity contribution < 1.29 is 19.1 Å². The van der Waals surface area contributed by atoms with Gasteiger partial charge in [0.25, 0.3) is 0 Å². The molecule has 24 heavy (non-hydrogen) atoms. The van der Waals surface area contributed by atoms with Crippen molar-refractivity contribution in [2.24, 2.45) is 0 Å². The van der Waals surface area contributed by atoms with E-state index in [1.807, 2.05) is 0 Å². The molecule has 1 atom stereocenters. The Kier molecular flexibility index (Phi) is 4.36. The van der Waals surface area contributed by atoms with E-state index >= 15 is 0 Å². The first-order valence-electron chi connectivity index (χ1n) is 7.31. The molecule has 0 saturated heterocycles. The van der Waals surface area contributed by atoms with Gasteiger partial charge in [-0.25, -0.2) is 0 Å². The number of hydrogen-bond acceptors (Lipinski definition) is 5. The lowest BCUT2D eigenvalue weighted by atomic mass is 10.1. The fourth-order valence-corrected chi connectivity index (χ4v) is 2.32. The van der Waals surface area contributed by atoms with Crippen molar-refractivity contribution in [1.29, 1.82) is 0 Å². The number of halogens is 1. The number of benzene rings is 1. The second-order valence-electron chi connectivity index (χ2n) is 5.32. The van der Waals surface area contributed by atoms with Crippen LogP contribution in [0.1, 0.15) is 28.4 Å². The zero-order valence-corrected chi connectivity index (χ0v) is 13.8. The summed E-state index contributed by atoms with van der Waals surface area (Å²) in [5, 5.41) is -0.762. The smallest absolute Gasteiger partial charge is 0.329 e. The van der Waals surface area contributed by atoms with Gasteiger partial charge in [0.1, 0.15) is 16.9 Å². The summed E-state index contributed by atoms with van der Waals surface area (Å²) < 4.78 is 10.9. The normalized spacial score (nSPS) is 15.8. The first kappa shape index (κ1) is 16.2. The highest BCUT2D eigenvalue weighted by Gasteiger charge is 2.30. The van der Waals surface area contributed by atoms with Crippen LogP contribution in [0.25, 0.3) is 6.08 Å². The van der Waals surface area contributed by atoms with Crippen LogP contribution >= 0.6 is 11.6 Å². The number of fused-ring (bicyclic) bond motifs is 1. The van der Waals surface area contributed by atoms with Crippen molar-refractivity contribution in [3.8, 4) is 11.5 Å². The number of pyridine rings is 1. The molecule has 5 nitrogen and oxygen atoms in total. The Bertz CT molecular complexity index is 844. The topological polar surface area (TPSA) is 65.5 Å². The van der Waals surface area contributed by atoms with E-state index in [0.717, 1.165) is 5.56 Å². The van der Waals surface area contributed by atoms with Crippen LogP contribution in [0.2, 0.25) is 0 Å². The summed E-state index contributed by atoms with van der Waals surface area (Å²) in [7, 11) is 0. The molecule has 1 unspecified atom stereocenters. The third-order valence-electron chi connectivity index (χ3n) is 3.58. The molecule has 1 aromatic carbocycles. The number of ether oxygens (including phenoxy) is 2. The van der Waals surface area contributed by atoms with Gasteiger partial charge in [0.2, 0.25) is 5.78 Å². The lowest BCUT2D eigenvalue weighted by Gasteiger charge is -2.10. The molecule has 0 spiro atoms. The Labute approximate surface area is 143 Å². The third-order valence-corrected chi connectivity index (χ3v) is 3.75. The first-order valence-corrected chi connectivity index (χ1v) is 7.74. The van der Waals surface area contributed by atoms with Gasteiger partial charge in [0, 0.05) is 18.0 Å². The molecule has 2 heterocycles. The molecule has 0 radical (unpaired) electrons. The van der Waals surface area contributed by atoms with Crippen LogP contribution in [-0.2, 0) is 4.79 Å². The number of carbonyl (C=O) groups excluding carboxylic acids is 2. The Balaban J connectivity index is 1.93. The lowest BCUT2D eigenvalue weighted by Crippen LogP contribution is -2.18. The van der Waals surface area contributed by atoms with Gasteiger partial charge >= 0.3 is 5.97 Å². The number of rotatable bonds is 3. The lowest BCUT2D eigenvalue weighted by molar-refractivity contribution is -0.133. The number of allylic oxidation sites excluding steroid dienone is 1. The molecule has 2 aromatic rings. The second kappa shape index (κ2) is 6.45. The number of hydrogen-bond donors (Lipinski definition) is 0. The molecule has 3 rings (SSSR count). The van der Waals surface area contributed by atoms with Crippen LogP contribution in [0.3, 0.4) is 0 Å². The number of alkyl halides is 1. The summed E-state index contributed by atoms with van der Waals surface area (Å²) in [4.78, 5) is 28.0. The fraction of sp³-hybridized carbons (Fsp3) is 0.167. The zero-order chi connectivity index (χ0) is 17.3. The van der Waals surface area contributed by atoms with Crippen molar-refractivity contribution in [2.45, 2.75) is 19.2 Å². The average Bonchev–Trinajstić information content (AvgIpc) is 2.88. The first-order chi connectivity index (χ1) is 11.5. The van der Waals surface area contributed by atoms with Gasteiger partial charge in [0.15, 0.2) is 5.76 Å². The minimum Gasteiger partial charge on any atom is -0.452 e. The molecule has 0 bridgehead atoms. The zero-order valence-electron chi connectivity index (χ0n) is 13.1. The number of nitrogens with zero attached hydrogens (tertiary/aromatic N) is 1. The molecule has 0 amide bonds. The maximum absolute atomic E-state index is 12.5. The van der Waals surface area contributed by atoms with Crippen molar-refractivity contribution in [1.82, 2.24) is 4.98 Å². The molecule has 1 aliphatic rings. The van der Waals surface area contributed by atoms with Crippen LogP contribution in [-0.4, -0.2) is 22.1 Å². The number of carbonyl (C=O) groups is 2. The van der Waals surface area contributed by atoms with Gasteiger partial charge in [0.05, 0.1) is 5.56 Å². The van der Waals surface area contributed by atoms with Crippen molar-refractivity contribution >= 4 is 29.4 Å². The highest BCUT2D eigenvalue weighted by atomic mass is 35.5. The molecule has 1 aliphatic heterocycles. The van der Waals surface area contributed by atoms with Gasteiger partial charge in [-0.2, -0.15) is 0 Å². The van der Waals surface area contributed by atoms with E-state index in [-0.39, 0.29) is 11.5 Å². The number of esters is 1. The predicted molar refractivity (Wildman–Crippen MR) is 89.3 cm³/mol. The van der Waals surface area contributed by atoms with E-state index in [9.17, 15) is 9.59 Å². The van der Waals surface area contributed by atoms with E-state index in [1.165, 1.54) is 6.92 Å². The predicted octanol–water partition coefficient (Wildman–Crippen LogP) is 3.54. The largest absolute Gasteiger partial charge is 0.452 e.